The highest BCUT2D eigenvalue weighted by atomic mass is 32.2. The Bertz CT molecular complexity index is 4310. The molecule has 49 nitrogen and oxygen atoms in total. The Morgan fingerprint density at radius 2 is 0.634 bits per heavy atom. The maximum Gasteiger partial charge on any atom is 0.132 e. The summed E-state index contributed by atoms with van der Waals surface area (Å²) in [5.74, 6) is 1.24. The molecule has 0 radical (unpaired) electrons. The van der Waals surface area contributed by atoms with Crippen LogP contribution < -0.4 is 17.2 Å². The molecule has 806 valence electrons. The van der Waals surface area contributed by atoms with Gasteiger partial charge in [-0.25, -0.2) is 4.68 Å². The molecule has 7 aromatic rings. The van der Waals surface area contributed by atoms with E-state index in [1.54, 1.807) is 38.0 Å². The van der Waals surface area contributed by atoms with Crippen LogP contribution in [0.2, 0.25) is 0 Å². The van der Waals surface area contributed by atoms with E-state index >= 15 is 0 Å². The number of benzene rings is 2. The number of rotatable bonds is 54. The van der Waals surface area contributed by atoms with Crippen molar-refractivity contribution in [3.05, 3.63) is 131 Å². The summed E-state index contributed by atoms with van der Waals surface area (Å²) in [5.41, 5.74) is 23.3. The third-order valence-electron chi connectivity index (χ3n) is 24.1. The van der Waals surface area contributed by atoms with E-state index in [2.05, 4.69) is 77.5 Å². The van der Waals surface area contributed by atoms with E-state index < -0.39 is 191 Å². The first-order chi connectivity index (χ1) is 68.2. The average Bonchev–Trinajstić information content (AvgIpc) is 1.04. The van der Waals surface area contributed by atoms with Gasteiger partial charge in [-0.3, -0.25) is 18.7 Å². The number of thioether (sulfide) groups is 1. The van der Waals surface area contributed by atoms with E-state index in [1.807, 2.05) is 78.7 Å². The molecular formula is C92H156N18O31S. The highest BCUT2D eigenvalue weighted by Crippen LogP contribution is 2.32. The lowest BCUT2D eigenvalue weighted by Crippen LogP contribution is -2.58. The number of nitrogens with two attached hydrogens (primary N) is 3. The minimum Gasteiger partial charge on any atom is -0.394 e. The molecule has 0 saturated carbocycles. The van der Waals surface area contributed by atoms with Gasteiger partial charge in [0.25, 0.3) is 0 Å². The fraction of sp³-hybridized carbons (Fsp3) is 0.761. The van der Waals surface area contributed by atoms with Gasteiger partial charge in [-0.05, 0) is 133 Å². The van der Waals surface area contributed by atoms with Gasteiger partial charge in [-0.2, -0.15) is 0 Å². The lowest BCUT2D eigenvalue weighted by molar-refractivity contribution is -0.230. The van der Waals surface area contributed by atoms with Gasteiger partial charge in [0.05, 0.1) is 154 Å². The van der Waals surface area contributed by atoms with Gasteiger partial charge in [0, 0.05) is 57.7 Å². The molecule has 50 heteroatoms. The maximum absolute atomic E-state index is 10.0. The molecular weight excluding hydrogens is 1890 g/mol. The van der Waals surface area contributed by atoms with Crippen molar-refractivity contribution in [3.63, 3.8) is 0 Å². The molecule has 28 unspecified atom stereocenters. The number of hydrogen-bond donors (Lipinski definition) is 24. The van der Waals surface area contributed by atoms with Crippen LogP contribution in [0.4, 0.5) is 0 Å². The van der Waals surface area contributed by atoms with Crippen molar-refractivity contribution in [1.29, 1.82) is 0 Å². The SMILES string of the molecule is CC(C)CCn1cc(COCCCCC2OC(CO)C(O)C(O)C2O)nn1.CC(N)Cn1cc(COCCCCC2OC(CO)C(O)C(O)C2O)nn1.CC(O)Cn1cc(COCCCCC2OC(CO)C(O)C(O)C2O)nn1.NC(Cn1cc(COCCCCC2OC(CO)C(O)C(O)C2O)nn1)c1ccccc1.N[C@H](Cc1ccccc1)Cn1cc(COCCCSC2OC(CO)C(O)C(O)C2O)nn1. The lowest BCUT2D eigenvalue weighted by atomic mass is 9.92. The standard InChI is InChI=1S/C21H32N4O6S.C21H32N4O6.C18H33N3O6.C16H30N4O6.C16H29N3O7/c22-15(9-14-5-2-1-3-6-14)10-25-11-16(23-24-25)13-30-7-4-8-32-21-20(29)19(28)18(27)17(12-26)31-21;22-16(14-6-2-1-3-7-14)11-25-10-15(23-24-25)13-30-9-5-4-8-17-19(27)21(29)20(28)18(12-26)31-17;1-12(2)6-7-21-9-13(19-20-21)11-26-8-4-3-5-14-16(23)18(25)17(24)15(10-22)27-14;1-10(17)6-20-7-11(18-19-20)9-25-5-3-2-4-12-14(22)16(24)15(23)13(8-21)26-12;1-10(21)6-19-7-11(17-18-19)9-25-5-3-2-4-12-14(22)16(24)15(23)13(8-20)26-12/h1-3,5-6,11,15,17-21,26-29H,4,7-10,12-13,22H2;1-3,6-7,10,16-21,26-29H,4-5,8-9,11-13,22H2;9,12,14-18,22-25H,3-8,10-11H2,1-2H3;7,10,12-16,21-24H,2-6,8-9,17H2,1H3;7,10,12-16,20-24H,2-6,8-9H2,1H3/t15-,17?,18?,19?,20?,21?;;;;/m1..../s1. The summed E-state index contributed by atoms with van der Waals surface area (Å²) < 4.78 is 63.8. The van der Waals surface area contributed by atoms with Crippen molar-refractivity contribution in [2.75, 3.05) is 71.8 Å². The van der Waals surface area contributed by atoms with Crippen molar-refractivity contribution >= 4 is 11.8 Å². The molecule has 0 spiro atoms. The minimum atomic E-state index is -1.35. The quantitative estimate of drug-likeness (QED) is 0.0159. The zero-order chi connectivity index (χ0) is 103. The van der Waals surface area contributed by atoms with E-state index in [0.717, 1.165) is 74.1 Å². The summed E-state index contributed by atoms with van der Waals surface area (Å²) in [6.07, 6.45) is -7.15. The first-order valence-electron chi connectivity index (χ1n) is 48.7. The molecule has 12 rings (SSSR count). The summed E-state index contributed by atoms with van der Waals surface area (Å²) in [5, 5.41) is 243. The molecule has 5 aromatic heterocycles. The zero-order valence-electron chi connectivity index (χ0n) is 81.3. The summed E-state index contributed by atoms with van der Waals surface area (Å²) >= 11 is 1.31. The third-order valence-corrected chi connectivity index (χ3v) is 25.3. The first kappa shape index (κ1) is 120. The molecule has 0 amide bonds. The number of aryl methyl sites for hydroxylation is 1. The average molecular weight is 2040 g/mol. The highest BCUT2D eigenvalue weighted by molar-refractivity contribution is 7.99. The number of ether oxygens (including phenoxy) is 10. The second kappa shape index (κ2) is 65.1. The van der Waals surface area contributed by atoms with Gasteiger partial charge in [-0.1, -0.05) is 101 Å². The second-order valence-corrected chi connectivity index (χ2v) is 38.0. The maximum atomic E-state index is 10.0. The van der Waals surface area contributed by atoms with Crippen LogP contribution >= 0.6 is 11.8 Å². The van der Waals surface area contributed by atoms with Crippen molar-refractivity contribution < 1.29 is 155 Å². The van der Waals surface area contributed by atoms with Gasteiger partial charge in [0.1, 0.15) is 156 Å². The van der Waals surface area contributed by atoms with Gasteiger partial charge >= 0.3 is 0 Å². The number of aliphatic hydroxyl groups excluding tert-OH is 21. The molecule has 142 heavy (non-hydrogen) atoms. The van der Waals surface area contributed by atoms with E-state index in [9.17, 15) is 97.0 Å². The molecule has 27 N–H and O–H groups in total. The van der Waals surface area contributed by atoms with Crippen LogP contribution in [0.15, 0.2) is 91.6 Å². The Balaban J connectivity index is 0.000000218. The van der Waals surface area contributed by atoms with E-state index in [4.69, 9.17) is 74.8 Å². The van der Waals surface area contributed by atoms with Crippen molar-refractivity contribution in [1.82, 2.24) is 75.0 Å². The van der Waals surface area contributed by atoms with Crippen LogP contribution in [-0.2, 0) is 120 Å². The Morgan fingerprint density at radius 1 is 0.338 bits per heavy atom. The predicted molar refractivity (Wildman–Crippen MR) is 506 cm³/mol. The second-order valence-electron chi connectivity index (χ2n) is 36.8. The topological polar surface area (TPSA) is 749 Å². The molecule has 0 bridgehead atoms. The van der Waals surface area contributed by atoms with Gasteiger partial charge in [0.15, 0.2) is 0 Å². The normalized spacial score (nSPS) is 28.6. The highest BCUT2D eigenvalue weighted by Gasteiger charge is 2.48. The zero-order valence-corrected chi connectivity index (χ0v) is 82.1. The Kier molecular flexibility index (Phi) is 55.2. The van der Waals surface area contributed by atoms with Crippen LogP contribution in [-0.4, -0.2) is 424 Å². The number of nitrogens with zero attached hydrogens (tertiary/aromatic N) is 15. The number of aromatic nitrogens is 15. The smallest absolute Gasteiger partial charge is 0.132 e. The van der Waals surface area contributed by atoms with Crippen LogP contribution in [0, 0.1) is 5.92 Å². The molecule has 29 atom stereocenters. The van der Waals surface area contributed by atoms with Crippen molar-refractivity contribution in [2.45, 2.75) is 366 Å². The van der Waals surface area contributed by atoms with Crippen molar-refractivity contribution in [3.8, 4) is 0 Å². The van der Waals surface area contributed by atoms with E-state index in [0.29, 0.717) is 167 Å². The number of aliphatic hydroxyl groups is 21. The van der Waals surface area contributed by atoms with Crippen LogP contribution in [0.1, 0.15) is 163 Å². The van der Waals surface area contributed by atoms with Gasteiger partial charge in [-0.15, -0.1) is 37.3 Å². The molecule has 5 aliphatic rings. The largest absolute Gasteiger partial charge is 0.394 e. The monoisotopic (exact) mass is 2040 g/mol. The fourth-order valence-electron chi connectivity index (χ4n) is 16.0. The Morgan fingerprint density at radius 3 is 0.972 bits per heavy atom. The third kappa shape index (κ3) is 41.0. The summed E-state index contributed by atoms with van der Waals surface area (Å²) in [7, 11) is 0. The van der Waals surface area contributed by atoms with Crippen LogP contribution in [0.5, 0.6) is 0 Å². The van der Waals surface area contributed by atoms with Crippen molar-refractivity contribution in [2.24, 2.45) is 23.1 Å². The van der Waals surface area contributed by atoms with Gasteiger partial charge < -0.3 is 172 Å². The Hall–Kier alpha value is -6.87. The molecule has 0 aliphatic carbocycles. The minimum absolute atomic E-state index is 0.00730. The number of unbranched alkanes of at least 4 members (excludes halogenated alkanes) is 4. The van der Waals surface area contributed by atoms with Crippen LogP contribution in [0.3, 0.4) is 0 Å². The molecule has 5 saturated heterocycles. The number of hydrogen-bond acceptors (Lipinski definition) is 45. The van der Waals surface area contributed by atoms with E-state index in [1.165, 1.54) is 17.3 Å². The Labute approximate surface area is 829 Å². The molecule has 10 heterocycles. The summed E-state index contributed by atoms with van der Waals surface area (Å²) in [6, 6.07) is 19.7. The van der Waals surface area contributed by atoms with E-state index in [-0.39, 0.29) is 18.1 Å². The van der Waals surface area contributed by atoms with Gasteiger partial charge in [0.2, 0.25) is 0 Å². The predicted octanol–water partition coefficient (Wildman–Crippen LogP) is -5.01. The molecule has 5 aliphatic heterocycles. The summed E-state index contributed by atoms with van der Waals surface area (Å²) in [4.78, 5) is 0. The molecule has 2 aromatic carbocycles. The molecule has 5 fully saturated rings. The fourth-order valence-corrected chi connectivity index (χ4v) is 17.1. The first-order valence-corrected chi connectivity index (χ1v) is 49.8. The lowest BCUT2D eigenvalue weighted by Gasteiger charge is -2.40. The van der Waals surface area contributed by atoms with Crippen LogP contribution in [0.25, 0.3) is 0 Å². The summed E-state index contributed by atoms with van der Waals surface area (Å²) in [6.45, 7) is 13.0.